The predicted molar refractivity (Wildman–Crippen MR) is 90.8 cm³/mol. The molecule has 3 rings (SSSR count). The van der Waals surface area contributed by atoms with Crippen molar-refractivity contribution in [3.05, 3.63) is 60.3 Å². The van der Waals surface area contributed by atoms with Crippen LogP contribution >= 0.6 is 0 Å². The average molecular weight is 287 g/mol. The van der Waals surface area contributed by atoms with Crippen molar-refractivity contribution in [1.29, 1.82) is 5.26 Å². The van der Waals surface area contributed by atoms with E-state index in [9.17, 15) is 0 Å². The van der Waals surface area contributed by atoms with Crippen molar-refractivity contribution in [3.63, 3.8) is 0 Å². The van der Waals surface area contributed by atoms with Gasteiger partial charge in [-0.2, -0.15) is 5.26 Å². The minimum atomic E-state index is 0.413. The molecule has 3 heteroatoms. The zero-order valence-corrected chi connectivity index (χ0v) is 12.7. The van der Waals surface area contributed by atoms with Crippen molar-refractivity contribution in [2.45, 2.75) is 6.42 Å². The van der Waals surface area contributed by atoms with Crippen LogP contribution in [0.4, 0.5) is 5.69 Å². The third-order valence-corrected chi connectivity index (χ3v) is 3.81. The molecule has 1 aromatic heterocycles. The van der Waals surface area contributed by atoms with E-state index >= 15 is 0 Å². The van der Waals surface area contributed by atoms with E-state index in [-0.39, 0.29) is 0 Å². The monoisotopic (exact) mass is 287 g/mol. The molecule has 0 amide bonds. The van der Waals surface area contributed by atoms with Crippen LogP contribution in [0.15, 0.2) is 54.7 Å². The van der Waals surface area contributed by atoms with Crippen LogP contribution in [-0.2, 0) is 6.42 Å². The Morgan fingerprint density at radius 1 is 1.00 bits per heavy atom. The van der Waals surface area contributed by atoms with Gasteiger partial charge in [0, 0.05) is 36.9 Å². The molecule has 108 valence electrons. The summed E-state index contributed by atoms with van der Waals surface area (Å²) < 4.78 is 0. The van der Waals surface area contributed by atoms with Gasteiger partial charge < -0.3 is 4.90 Å². The molecule has 0 radical (unpaired) electrons. The van der Waals surface area contributed by atoms with Crippen LogP contribution in [0.3, 0.4) is 0 Å². The van der Waals surface area contributed by atoms with Gasteiger partial charge in [-0.3, -0.25) is 4.98 Å². The third-order valence-electron chi connectivity index (χ3n) is 3.81. The number of rotatable bonds is 3. The van der Waals surface area contributed by atoms with Crippen molar-refractivity contribution in [3.8, 4) is 17.3 Å². The topological polar surface area (TPSA) is 39.9 Å². The molecule has 22 heavy (non-hydrogen) atoms. The molecule has 0 unspecified atom stereocenters. The first-order valence-corrected chi connectivity index (χ1v) is 7.22. The van der Waals surface area contributed by atoms with E-state index in [1.807, 2.05) is 50.6 Å². The van der Waals surface area contributed by atoms with Crippen LogP contribution in [0.2, 0.25) is 0 Å². The minimum absolute atomic E-state index is 0.413. The highest BCUT2D eigenvalue weighted by Gasteiger charge is 2.12. The molecule has 0 fully saturated rings. The first kappa shape index (κ1) is 14.1. The summed E-state index contributed by atoms with van der Waals surface area (Å²) in [5.41, 5.74) is 4.24. The van der Waals surface area contributed by atoms with Crippen LogP contribution in [0.5, 0.6) is 0 Å². The zero-order chi connectivity index (χ0) is 15.5. The lowest BCUT2D eigenvalue weighted by molar-refractivity contribution is 1.13. The van der Waals surface area contributed by atoms with E-state index in [4.69, 9.17) is 5.26 Å². The number of hydrogen-bond acceptors (Lipinski definition) is 3. The Balaban J connectivity index is 2.30. The Hall–Kier alpha value is -2.86. The summed E-state index contributed by atoms with van der Waals surface area (Å²) >= 11 is 0. The average Bonchev–Trinajstić information content (AvgIpc) is 2.55. The summed E-state index contributed by atoms with van der Waals surface area (Å²) in [4.78, 5) is 6.70. The van der Waals surface area contributed by atoms with Gasteiger partial charge in [-0.05, 0) is 23.1 Å². The van der Waals surface area contributed by atoms with Crippen LogP contribution in [0, 0.1) is 11.3 Å². The number of nitriles is 1. The molecular weight excluding hydrogens is 270 g/mol. The minimum Gasteiger partial charge on any atom is -0.377 e. The highest BCUT2D eigenvalue weighted by atomic mass is 15.1. The number of aromatic nitrogens is 1. The molecule has 3 aromatic rings. The number of nitrogens with zero attached hydrogens (tertiary/aromatic N) is 3. The quantitative estimate of drug-likeness (QED) is 0.730. The van der Waals surface area contributed by atoms with Crippen molar-refractivity contribution < 1.29 is 0 Å². The Bertz CT molecular complexity index is 860. The lowest BCUT2D eigenvalue weighted by Crippen LogP contribution is -2.10. The molecule has 0 aliphatic rings. The largest absolute Gasteiger partial charge is 0.377 e. The maximum absolute atomic E-state index is 9.01. The molecule has 3 nitrogen and oxygen atoms in total. The van der Waals surface area contributed by atoms with Gasteiger partial charge in [0.05, 0.1) is 18.2 Å². The van der Waals surface area contributed by atoms with E-state index in [0.717, 1.165) is 33.3 Å². The van der Waals surface area contributed by atoms with E-state index in [1.165, 1.54) is 0 Å². The van der Waals surface area contributed by atoms with Gasteiger partial charge in [0.1, 0.15) is 0 Å². The van der Waals surface area contributed by atoms with Crippen LogP contribution < -0.4 is 4.90 Å². The van der Waals surface area contributed by atoms with E-state index < -0.39 is 0 Å². The van der Waals surface area contributed by atoms with Crippen molar-refractivity contribution in [2.75, 3.05) is 19.0 Å². The SMILES string of the molecule is CN(C)c1ccccc1-c1nccc2c(CC#N)cccc12. The maximum Gasteiger partial charge on any atom is 0.0801 e. The molecule has 0 saturated carbocycles. The highest BCUT2D eigenvalue weighted by molar-refractivity contribution is 5.99. The van der Waals surface area contributed by atoms with Gasteiger partial charge in [0.2, 0.25) is 0 Å². The number of benzene rings is 2. The Kier molecular flexibility index (Phi) is 3.76. The number of hydrogen-bond donors (Lipinski definition) is 0. The second-order valence-corrected chi connectivity index (χ2v) is 5.42. The first-order chi connectivity index (χ1) is 10.7. The molecule has 0 aliphatic heterocycles. The Morgan fingerprint density at radius 2 is 1.82 bits per heavy atom. The van der Waals surface area contributed by atoms with Gasteiger partial charge in [0.15, 0.2) is 0 Å². The molecule has 0 aliphatic carbocycles. The molecule has 0 N–H and O–H groups in total. The number of pyridine rings is 1. The third kappa shape index (κ3) is 2.40. The fourth-order valence-electron chi connectivity index (χ4n) is 2.79. The summed E-state index contributed by atoms with van der Waals surface area (Å²) in [6, 6.07) is 18.6. The lowest BCUT2D eigenvalue weighted by atomic mass is 9.98. The number of anilines is 1. The summed E-state index contributed by atoms with van der Waals surface area (Å²) in [5.74, 6) is 0. The number of fused-ring (bicyclic) bond motifs is 1. The predicted octanol–water partition coefficient (Wildman–Crippen LogP) is 4.03. The van der Waals surface area contributed by atoms with Crippen molar-refractivity contribution >= 4 is 16.5 Å². The fourth-order valence-corrected chi connectivity index (χ4v) is 2.79. The van der Waals surface area contributed by atoms with E-state index in [2.05, 4.69) is 34.2 Å². The van der Waals surface area contributed by atoms with Gasteiger partial charge in [-0.1, -0.05) is 36.4 Å². The second kappa shape index (κ2) is 5.87. The summed E-state index contributed by atoms with van der Waals surface area (Å²) in [7, 11) is 4.07. The Labute approximate surface area is 130 Å². The molecular formula is C19H17N3. The second-order valence-electron chi connectivity index (χ2n) is 5.42. The van der Waals surface area contributed by atoms with E-state index in [0.29, 0.717) is 6.42 Å². The standard InChI is InChI=1S/C19H17N3/c1-22(2)18-9-4-3-7-17(18)19-16-8-5-6-14(10-12-20)15(16)11-13-21-19/h3-9,11,13H,10H2,1-2H3. The first-order valence-electron chi connectivity index (χ1n) is 7.22. The summed E-state index contributed by atoms with van der Waals surface area (Å²) in [6.45, 7) is 0. The molecule has 1 heterocycles. The summed E-state index contributed by atoms with van der Waals surface area (Å²) in [5, 5.41) is 11.2. The summed E-state index contributed by atoms with van der Waals surface area (Å²) in [6.07, 6.45) is 2.24. The van der Waals surface area contributed by atoms with Crippen LogP contribution in [-0.4, -0.2) is 19.1 Å². The fraction of sp³-hybridized carbons (Fsp3) is 0.158. The van der Waals surface area contributed by atoms with Crippen molar-refractivity contribution in [1.82, 2.24) is 4.98 Å². The van der Waals surface area contributed by atoms with Gasteiger partial charge >= 0.3 is 0 Å². The van der Waals surface area contributed by atoms with Crippen LogP contribution in [0.25, 0.3) is 22.0 Å². The molecule has 0 bridgehead atoms. The van der Waals surface area contributed by atoms with Gasteiger partial charge in [0.25, 0.3) is 0 Å². The molecule has 2 aromatic carbocycles. The lowest BCUT2D eigenvalue weighted by Gasteiger charge is -2.18. The maximum atomic E-state index is 9.01. The normalized spacial score (nSPS) is 10.4. The molecule has 0 saturated heterocycles. The molecule has 0 atom stereocenters. The zero-order valence-electron chi connectivity index (χ0n) is 12.7. The van der Waals surface area contributed by atoms with Gasteiger partial charge in [-0.25, -0.2) is 0 Å². The van der Waals surface area contributed by atoms with Gasteiger partial charge in [-0.15, -0.1) is 0 Å². The van der Waals surface area contributed by atoms with E-state index in [1.54, 1.807) is 0 Å². The highest BCUT2D eigenvalue weighted by Crippen LogP contribution is 2.34. The van der Waals surface area contributed by atoms with Crippen molar-refractivity contribution in [2.24, 2.45) is 0 Å². The smallest absolute Gasteiger partial charge is 0.0801 e. The Morgan fingerprint density at radius 3 is 2.59 bits per heavy atom. The molecule has 0 spiro atoms. The van der Waals surface area contributed by atoms with Crippen LogP contribution in [0.1, 0.15) is 5.56 Å². The number of para-hydroxylation sites is 1.